The highest BCUT2D eigenvalue weighted by atomic mass is 16.5. The summed E-state index contributed by atoms with van der Waals surface area (Å²) in [5.74, 6) is 1.22. The van der Waals surface area contributed by atoms with Crippen LogP contribution in [-0.4, -0.2) is 40.4 Å². The Morgan fingerprint density at radius 1 is 1.03 bits per heavy atom. The molecule has 0 bridgehead atoms. The van der Waals surface area contributed by atoms with Crippen LogP contribution in [0.5, 0.6) is 11.5 Å². The zero-order valence-electron chi connectivity index (χ0n) is 18.1. The first-order chi connectivity index (χ1) is 14.9. The molecular formula is C25H26O6. The number of terminal acetylenes is 1. The van der Waals surface area contributed by atoms with Crippen molar-refractivity contribution >= 4 is 11.9 Å². The second-order valence-corrected chi connectivity index (χ2v) is 6.76. The Hall–Kier alpha value is -3.72. The molecule has 0 aliphatic rings. The molecular weight excluding hydrogens is 396 g/mol. The third-order valence-corrected chi connectivity index (χ3v) is 5.27. The van der Waals surface area contributed by atoms with Crippen LogP contribution in [0.4, 0.5) is 0 Å². The van der Waals surface area contributed by atoms with Gasteiger partial charge in [-0.25, -0.2) is 0 Å². The average Bonchev–Trinajstić information content (AvgIpc) is 2.82. The fraction of sp³-hybridized carbons (Fsp3) is 0.280. The molecule has 6 nitrogen and oxygen atoms in total. The number of methoxy groups -OCH3 is 4. The van der Waals surface area contributed by atoms with E-state index in [1.54, 1.807) is 42.5 Å². The number of rotatable bonds is 9. The molecule has 162 valence electrons. The van der Waals surface area contributed by atoms with Gasteiger partial charge in [0.15, 0.2) is 16.9 Å². The standard InChI is InChI=1S/C25H26O6/c1-7-17-11-9-10-12-19(17)16-25(23(26)30-5,24(27)31-6)20(8-2)18-13-14-21(28-3)22(15-18)29-4/h1,8-15,20H,2,16H2,3-6H3. The lowest BCUT2D eigenvalue weighted by Crippen LogP contribution is -2.47. The summed E-state index contributed by atoms with van der Waals surface area (Å²) in [6, 6.07) is 12.2. The average molecular weight is 422 g/mol. The SMILES string of the molecule is C#Cc1ccccc1CC(C(=O)OC)(C(=O)OC)C(C=C)c1ccc(OC)c(OC)c1. The largest absolute Gasteiger partial charge is 0.493 e. The summed E-state index contributed by atoms with van der Waals surface area (Å²) in [6.45, 7) is 3.89. The van der Waals surface area contributed by atoms with Crippen LogP contribution in [-0.2, 0) is 25.5 Å². The highest BCUT2D eigenvalue weighted by molar-refractivity contribution is 6.02. The van der Waals surface area contributed by atoms with E-state index in [9.17, 15) is 9.59 Å². The number of hydrogen-bond acceptors (Lipinski definition) is 6. The van der Waals surface area contributed by atoms with E-state index in [-0.39, 0.29) is 6.42 Å². The molecule has 0 fully saturated rings. The predicted octanol–water partition coefficient (Wildman–Crippen LogP) is 3.53. The van der Waals surface area contributed by atoms with E-state index in [4.69, 9.17) is 25.4 Å². The van der Waals surface area contributed by atoms with Gasteiger partial charge in [-0.1, -0.05) is 36.3 Å². The van der Waals surface area contributed by atoms with Gasteiger partial charge in [0.1, 0.15) is 0 Å². The maximum atomic E-state index is 13.2. The Morgan fingerprint density at radius 2 is 1.65 bits per heavy atom. The van der Waals surface area contributed by atoms with E-state index in [0.29, 0.717) is 28.2 Å². The quantitative estimate of drug-likeness (QED) is 0.267. The Morgan fingerprint density at radius 3 is 2.16 bits per heavy atom. The van der Waals surface area contributed by atoms with Crippen molar-refractivity contribution in [2.24, 2.45) is 5.41 Å². The zero-order chi connectivity index (χ0) is 23.0. The molecule has 0 aromatic heterocycles. The van der Waals surface area contributed by atoms with E-state index in [1.807, 2.05) is 0 Å². The van der Waals surface area contributed by atoms with Gasteiger partial charge < -0.3 is 18.9 Å². The molecule has 1 unspecified atom stereocenters. The fourth-order valence-corrected chi connectivity index (χ4v) is 3.74. The zero-order valence-corrected chi connectivity index (χ0v) is 18.1. The van der Waals surface area contributed by atoms with Crippen LogP contribution in [0.25, 0.3) is 0 Å². The first-order valence-corrected chi connectivity index (χ1v) is 9.49. The van der Waals surface area contributed by atoms with Crippen LogP contribution in [0.15, 0.2) is 55.1 Å². The van der Waals surface area contributed by atoms with Gasteiger partial charge in [-0.3, -0.25) is 9.59 Å². The number of allylic oxidation sites excluding steroid dienone is 1. The smallest absolute Gasteiger partial charge is 0.324 e. The van der Waals surface area contributed by atoms with Crippen molar-refractivity contribution < 1.29 is 28.5 Å². The molecule has 31 heavy (non-hydrogen) atoms. The highest BCUT2D eigenvalue weighted by Gasteiger charge is 2.54. The summed E-state index contributed by atoms with van der Waals surface area (Å²) in [6.07, 6.45) is 7.12. The van der Waals surface area contributed by atoms with Gasteiger partial charge in [0.25, 0.3) is 0 Å². The van der Waals surface area contributed by atoms with Crippen molar-refractivity contribution in [2.75, 3.05) is 28.4 Å². The molecule has 0 aliphatic heterocycles. The molecule has 0 spiro atoms. The second kappa shape index (κ2) is 10.4. The molecule has 1 atom stereocenters. The molecule has 6 heteroatoms. The van der Waals surface area contributed by atoms with Crippen molar-refractivity contribution in [1.82, 2.24) is 0 Å². The number of carbonyl (C=O) groups is 2. The fourth-order valence-electron chi connectivity index (χ4n) is 3.74. The van der Waals surface area contributed by atoms with E-state index in [0.717, 1.165) is 0 Å². The predicted molar refractivity (Wildman–Crippen MR) is 117 cm³/mol. The lowest BCUT2D eigenvalue weighted by molar-refractivity contribution is -0.170. The summed E-state index contributed by atoms with van der Waals surface area (Å²) in [4.78, 5) is 26.4. The molecule has 0 aliphatic carbocycles. The lowest BCUT2D eigenvalue weighted by atomic mass is 9.67. The number of ether oxygens (including phenoxy) is 4. The second-order valence-electron chi connectivity index (χ2n) is 6.76. The Labute approximate surface area is 182 Å². The van der Waals surface area contributed by atoms with Crippen molar-refractivity contribution in [1.29, 1.82) is 0 Å². The molecule has 0 N–H and O–H groups in total. The Kier molecular flexibility index (Phi) is 7.87. The van der Waals surface area contributed by atoms with E-state index >= 15 is 0 Å². The van der Waals surface area contributed by atoms with Gasteiger partial charge in [-0.15, -0.1) is 13.0 Å². The summed E-state index contributed by atoms with van der Waals surface area (Å²) in [7, 11) is 5.47. The van der Waals surface area contributed by atoms with Crippen molar-refractivity contribution in [3.8, 4) is 23.8 Å². The normalized spacial score (nSPS) is 11.6. The van der Waals surface area contributed by atoms with Crippen LogP contribution in [0, 0.1) is 17.8 Å². The summed E-state index contributed by atoms with van der Waals surface area (Å²) >= 11 is 0. The van der Waals surface area contributed by atoms with Crippen LogP contribution in [0.3, 0.4) is 0 Å². The molecule has 0 saturated carbocycles. The van der Waals surface area contributed by atoms with Crippen molar-refractivity contribution in [3.05, 3.63) is 71.8 Å². The molecule has 0 radical (unpaired) electrons. The van der Waals surface area contributed by atoms with E-state index < -0.39 is 23.3 Å². The maximum absolute atomic E-state index is 13.2. The minimum absolute atomic E-state index is 0.0439. The molecule has 2 aromatic carbocycles. The van der Waals surface area contributed by atoms with Crippen LogP contribution >= 0.6 is 0 Å². The molecule has 0 saturated heterocycles. The molecule has 2 aromatic rings. The Bertz CT molecular complexity index is 985. The van der Waals surface area contributed by atoms with E-state index in [2.05, 4.69) is 12.5 Å². The summed E-state index contributed by atoms with van der Waals surface area (Å²) in [5.41, 5.74) is 0.0298. The first kappa shape index (κ1) is 23.6. The third-order valence-electron chi connectivity index (χ3n) is 5.27. The third kappa shape index (κ3) is 4.41. The number of carbonyl (C=O) groups excluding carboxylic acids is 2. The van der Waals surface area contributed by atoms with Gasteiger partial charge in [0, 0.05) is 17.9 Å². The van der Waals surface area contributed by atoms with Gasteiger partial charge in [-0.05, 0) is 29.3 Å². The van der Waals surface area contributed by atoms with Gasteiger partial charge in [0.2, 0.25) is 0 Å². The highest BCUT2D eigenvalue weighted by Crippen LogP contribution is 2.44. The summed E-state index contributed by atoms with van der Waals surface area (Å²) in [5, 5.41) is 0. The maximum Gasteiger partial charge on any atom is 0.324 e. The first-order valence-electron chi connectivity index (χ1n) is 9.49. The van der Waals surface area contributed by atoms with Crippen molar-refractivity contribution in [2.45, 2.75) is 12.3 Å². The lowest BCUT2D eigenvalue weighted by Gasteiger charge is -2.35. The minimum atomic E-state index is -1.77. The topological polar surface area (TPSA) is 71.1 Å². The number of esters is 2. The van der Waals surface area contributed by atoms with Crippen molar-refractivity contribution in [3.63, 3.8) is 0 Å². The van der Waals surface area contributed by atoms with Gasteiger partial charge in [0.05, 0.1) is 28.4 Å². The minimum Gasteiger partial charge on any atom is -0.493 e. The van der Waals surface area contributed by atoms with Crippen LogP contribution < -0.4 is 9.47 Å². The molecule has 0 amide bonds. The van der Waals surface area contributed by atoms with Crippen LogP contribution in [0.2, 0.25) is 0 Å². The number of benzene rings is 2. The number of hydrogen-bond donors (Lipinski definition) is 0. The molecule has 0 heterocycles. The Balaban J connectivity index is 2.78. The van der Waals surface area contributed by atoms with E-state index in [1.165, 1.54) is 34.5 Å². The summed E-state index contributed by atoms with van der Waals surface area (Å²) < 4.78 is 20.9. The molecule has 2 rings (SSSR count). The van der Waals surface area contributed by atoms with Crippen LogP contribution in [0.1, 0.15) is 22.6 Å². The monoisotopic (exact) mass is 422 g/mol. The van der Waals surface area contributed by atoms with Gasteiger partial charge in [-0.2, -0.15) is 0 Å². The van der Waals surface area contributed by atoms with Gasteiger partial charge >= 0.3 is 11.9 Å².